The number of nitro benzene ring substituents is 1. The number of carbonyl (C=O) groups excluding carboxylic acids is 2. The predicted molar refractivity (Wildman–Crippen MR) is 77.5 cm³/mol. The molecule has 22 heavy (non-hydrogen) atoms. The molecule has 0 bridgehead atoms. The number of nitrogens with zero attached hydrogens (tertiary/aromatic N) is 1. The second kappa shape index (κ2) is 8.10. The number of hydrogen-bond acceptors (Lipinski definition) is 7. The molecule has 1 rings (SSSR count). The standard InChI is InChI=1S/C12H16BN3O6/c1-13(19)15-10(6-11(14)17)12(18)22-7-8-2-4-9(5-3-8)16(20)21/h2-5,10,15,19H,6-7H2,1H3,(H2,14,17)/t10-/m1/s1. The van der Waals surface area contributed by atoms with Gasteiger partial charge in [-0.1, -0.05) is 0 Å². The first-order valence-corrected chi connectivity index (χ1v) is 6.42. The fraction of sp³-hybridized carbons (Fsp3) is 0.333. The molecule has 1 atom stereocenters. The number of esters is 1. The fourth-order valence-corrected chi connectivity index (χ4v) is 1.67. The van der Waals surface area contributed by atoms with E-state index in [0.29, 0.717) is 5.56 Å². The van der Waals surface area contributed by atoms with Crippen LogP contribution in [0.15, 0.2) is 24.3 Å². The van der Waals surface area contributed by atoms with Crippen molar-refractivity contribution >= 4 is 24.6 Å². The SMILES string of the molecule is CB(O)N[C@H](CC(N)=O)C(=O)OCc1ccc([N+](=O)[O-])cc1. The maximum atomic E-state index is 11.9. The molecule has 0 fully saturated rings. The van der Waals surface area contributed by atoms with Gasteiger partial charge in [0.2, 0.25) is 5.91 Å². The molecule has 0 saturated carbocycles. The minimum absolute atomic E-state index is 0.0718. The third kappa shape index (κ3) is 5.89. The molecular weight excluding hydrogens is 293 g/mol. The van der Waals surface area contributed by atoms with E-state index in [-0.39, 0.29) is 18.7 Å². The highest BCUT2D eigenvalue weighted by Gasteiger charge is 2.24. The maximum Gasteiger partial charge on any atom is 0.374 e. The highest BCUT2D eigenvalue weighted by atomic mass is 16.6. The van der Waals surface area contributed by atoms with E-state index in [2.05, 4.69) is 5.23 Å². The lowest BCUT2D eigenvalue weighted by molar-refractivity contribution is -0.384. The summed E-state index contributed by atoms with van der Waals surface area (Å²) in [6.07, 6.45) is -0.315. The van der Waals surface area contributed by atoms with Crippen LogP contribution in [0, 0.1) is 10.1 Å². The number of hydrogen-bond donors (Lipinski definition) is 3. The van der Waals surface area contributed by atoms with Crippen LogP contribution in [0.1, 0.15) is 12.0 Å². The van der Waals surface area contributed by atoms with Gasteiger partial charge in [0.1, 0.15) is 12.6 Å². The van der Waals surface area contributed by atoms with Crippen LogP contribution in [0.3, 0.4) is 0 Å². The fourth-order valence-electron chi connectivity index (χ4n) is 1.67. The maximum absolute atomic E-state index is 11.9. The summed E-state index contributed by atoms with van der Waals surface area (Å²) >= 11 is 0. The van der Waals surface area contributed by atoms with Gasteiger partial charge in [-0.25, -0.2) is 0 Å². The van der Waals surface area contributed by atoms with Gasteiger partial charge in [0.25, 0.3) is 5.69 Å². The van der Waals surface area contributed by atoms with Crippen molar-refractivity contribution < 1.29 is 24.3 Å². The van der Waals surface area contributed by atoms with E-state index in [4.69, 9.17) is 10.5 Å². The topological polar surface area (TPSA) is 145 Å². The second-order valence-electron chi connectivity index (χ2n) is 4.60. The van der Waals surface area contributed by atoms with E-state index in [9.17, 15) is 24.7 Å². The summed E-state index contributed by atoms with van der Waals surface area (Å²) in [6, 6.07) is 4.43. The zero-order chi connectivity index (χ0) is 16.7. The Morgan fingerprint density at radius 3 is 2.50 bits per heavy atom. The van der Waals surface area contributed by atoms with E-state index in [0.717, 1.165) is 0 Å². The molecule has 0 aliphatic rings. The van der Waals surface area contributed by atoms with E-state index in [1.165, 1.54) is 31.1 Å². The van der Waals surface area contributed by atoms with Gasteiger partial charge in [-0.05, 0) is 24.5 Å². The van der Waals surface area contributed by atoms with Gasteiger partial charge in [0.15, 0.2) is 0 Å². The van der Waals surface area contributed by atoms with Crippen LogP contribution >= 0.6 is 0 Å². The summed E-state index contributed by atoms with van der Waals surface area (Å²) in [6.45, 7) is 1.27. The molecule has 9 nitrogen and oxygen atoms in total. The van der Waals surface area contributed by atoms with Crippen molar-refractivity contribution in [3.8, 4) is 0 Å². The molecule has 118 valence electrons. The van der Waals surface area contributed by atoms with Crippen molar-refractivity contribution in [1.82, 2.24) is 5.23 Å². The van der Waals surface area contributed by atoms with Crippen molar-refractivity contribution in [2.75, 3.05) is 0 Å². The normalized spacial score (nSPS) is 11.5. The number of nitrogens with one attached hydrogen (secondary N) is 1. The smallest absolute Gasteiger partial charge is 0.374 e. The van der Waals surface area contributed by atoms with Gasteiger partial charge >= 0.3 is 13.0 Å². The molecule has 0 aliphatic heterocycles. The number of carbonyl (C=O) groups is 2. The molecule has 1 amide bonds. The molecule has 10 heteroatoms. The number of rotatable bonds is 8. The zero-order valence-electron chi connectivity index (χ0n) is 11.9. The molecule has 4 N–H and O–H groups in total. The first kappa shape index (κ1) is 17.6. The monoisotopic (exact) mass is 309 g/mol. The Kier molecular flexibility index (Phi) is 6.48. The number of nitro groups is 1. The molecular formula is C12H16BN3O6. The van der Waals surface area contributed by atoms with Crippen LogP contribution in [-0.2, 0) is 20.9 Å². The minimum Gasteiger partial charge on any atom is -0.460 e. The van der Waals surface area contributed by atoms with Crippen molar-refractivity contribution in [3.63, 3.8) is 0 Å². The number of primary amides is 1. The third-order valence-electron chi connectivity index (χ3n) is 2.66. The number of non-ortho nitro benzene ring substituents is 1. The molecule has 1 aromatic rings. The van der Waals surface area contributed by atoms with E-state index < -0.39 is 29.9 Å². The van der Waals surface area contributed by atoms with E-state index in [1.807, 2.05) is 0 Å². The average molecular weight is 309 g/mol. The highest BCUT2D eigenvalue weighted by molar-refractivity contribution is 6.46. The van der Waals surface area contributed by atoms with Crippen molar-refractivity contribution in [2.45, 2.75) is 25.9 Å². The van der Waals surface area contributed by atoms with Crippen molar-refractivity contribution in [1.29, 1.82) is 0 Å². The Hall–Kier alpha value is -2.46. The van der Waals surface area contributed by atoms with E-state index in [1.54, 1.807) is 0 Å². The molecule has 0 radical (unpaired) electrons. The quantitative estimate of drug-likeness (QED) is 0.256. The zero-order valence-corrected chi connectivity index (χ0v) is 11.9. The minimum atomic E-state index is -1.06. The van der Waals surface area contributed by atoms with Crippen LogP contribution in [0.5, 0.6) is 0 Å². The van der Waals surface area contributed by atoms with Crippen molar-refractivity contribution in [2.24, 2.45) is 5.73 Å². The number of amides is 1. The lowest BCUT2D eigenvalue weighted by atomic mass is 9.86. The second-order valence-corrected chi connectivity index (χ2v) is 4.60. The third-order valence-corrected chi connectivity index (χ3v) is 2.66. The molecule has 0 spiro atoms. The Bertz CT molecular complexity index is 548. The van der Waals surface area contributed by atoms with Gasteiger partial charge < -0.3 is 20.7 Å². The molecule has 0 aromatic heterocycles. The van der Waals surface area contributed by atoms with Crippen LogP contribution in [0.4, 0.5) is 5.69 Å². The first-order valence-electron chi connectivity index (χ1n) is 6.42. The predicted octanol–water partition coefficient (Wildman–Crippen LogP) is -0.418. The Labute approximate surface area is 126 Å². The Morgan fingerprint density at radius 1 is 1.45 bits per heavy atom. The number of nitrogens with two attached hydrogens (primary N) is 1. The molecule has 1 aromatic carbocycles. The van der Waals surface area contributed by atoms with Gasteiger partial charge in [0.05, 0.1) is 11.3 Å². The largest absolute Gasteiger partial charge is 0.460 e. The molecule has 0 heterocycles. The van der Waals surface area contributed by atoms with Crippen LogP contribution in [0.25, 0.3) is 0 Å². The highest BCUT2D eigenvalue weighted by Crippen LogP contribution is 2.13. The van der Waals surface area contributed by atoms with E-state index >= 15 is 0 Å². The summed E-state index contributed by atoms with van der Waals surface area (Å²) in [5, 5.41) is 22.2. The summed E-state index contributed by atoms with van der Waals surface area (Å²) in [5.74, 6) is -1.47. The van der Waals surface area contributed by atoms with Crippen LogP contribution in [-0.4, -0.2) is 34.9 Å². The van der Waals surface area contributed by atoms with Gasteiger partial charge in [-0.2, -0.15) is 0 Å². The lowest BCUT2D eigenvalue weighted by Gasteiger charge is -2.16. The lowest BCUT2D eigenvalue weighted by Crippen LogP contribution is -2.47. The van der Waals surface area contributed by atoms with Crippen molar-refractivity contribution in [3.05, 3.63) is 39.9 Å². The average Bonchev–Trinajstić information content (AvgIpc) is 2.43. The van der Waals surface area contributed by atoms with Gasteiger partial charge in [-0.15, -0.1) is 0 Å². The molecule has 0 saturated heterocycles. The van der Waals surface area contributed by atoms with Crippen LogP contribution in [0.2, 0.25) is 6.82 Å². The van der Waals surface area contributed by atoms with Gasteiger partial charge in [0, 0.05) is 12.1 Å². The number of benzene rings is 1. The van der Waals surface area contributed by atoms with Gasteiger partial charge in [-0.3, -0.25) is 19.7 Å². The molecule has 0 aliphatic carbocycles. The Morgan fingerprint density at radius 2 is 2.05 bits per heavy atom. The summed E-state index contributed by atoms with van der Waals surface area (Å²) < 4.78 is 5.00. The summed E-state index contributed by atoms with van der Waals surface area (Å²) in [4.78, 5) is 32.7. The first-order chi connectivity index (χ1) is 10.3. The Balaban J connectivity index is 2.61. The molecule has 0 unspecified atom stereocenters. The van der Waals surface area contributed by atoms with Crippen LogP contribution < -0.4 is 11.0 Å². The number of ether oxygens (including phenoxy) is 1. The summed E-state index contributed by atoms with van der Waals surface area (Å²) in [5.41, 5.74) is 5.50. The summed E-state index contributed by atoms with van der Waals surface area (Å²) in [7, 11) is -1.02.